The second kappa shape index (κ2) is 8.13. The Balaban J connectivity index is 1.90. The predicted molar refractivity (Wildman–Crippen MR) is 93.3 cm³/mol. The summed E-state index contributed by atoms with van der Waals surface area (Å²) in [5.41, 5.74) is 1.98. The molecule has 2 rings (SSSR count). The number of aromatic nitrogens is 1. The van der Waals surface area contributed by atoms with Crippen LogP contribution in [0, 0.1) is 6.92 Å². The molecule has 1 atom stereocenters. The fraction of sp³-hybridized carbons (Fsp3) is 0.235. The van der Waals surface area contributed by atoms with Crippen molar-refractivity contribution < 1.29 is 14.3 Å². The molecule has 0 aliphatic heterocycles. The molecule has 0 bridgehead atoms. The molecule has 7 heteroatoms. The van der Waals surface area contributed by atoms with Crippen LogP contribution in [0.4, 0.5) is 5.69 Å². The quantitative estimate of drug-likeness (QED) is 0.816. The van der Waals surface area contributed by atoms with Crippen LogP contribution < -0.4 is 5.32 Å². The first-order chi connectivity index (χ1) is 11.3. The highest BCUT2D eigenvalue weighted by molar-refractivity contribution is 6.36. The summed E-state index contributed by atoms with van der Waals surface area (Å²) >= 11 is 11.8. The molecular weight excluding hydrogens is 351 g/mol. The maximum Gasteiger partial charge on any atom is 0.311 e. The predicted octanol–water partition coefficient (Wildman–Crippen LogP) is 3.81. The second-order valence-electron chi connectivity index (χ2n) is 5.23. The van der Waals surface area contributed by atoms with E-state index in [2.05, 4.69) is 10.3 Å². The lowest BCUT2D eigenvalue weighted by molar-refractivity contribution is -0.152. The van der Waals surface area contributed by atoms with Crippen LogP contribution in [-0.2, 0) is 20.7 Å². The molecular formula is C17H16Cl2N2O3. The van der Waals surface area contributed by atoms with E-state index < -0.39 is 18.0 Å². The van der Waals surface area contributed by atoms with Crippen molar-refractivity contribution in [3.63, 3.8) is 0 Å². The largest absolute Gasteiger partial charge is 0.452 e. The van der Waals surface area contributed by atoms with Crippen molar-refractivity contribution in [3.05, 3.63) is 57.8 Å². The number of benzene rings is 1. The third kappa shape index (κ3) is 5.22. The Kier molecular flexibility index (Phi) is 6.17. The molecule has 126 valence electrons. The molecule has 0 fully saturated rings. The van der Waals surface area contributed by atoms with E-state index in [1.54, 1.807) is 30.5 Å². The minimum absolute atomic E-state index is 0.0482. The van der Waals surface area contributed by atoms with Crippen LogP contribution in [0.3, 0.4) is 0 Å². The second-order valence-corrected chi connectivity index (χ2v) is 6.07. The van der Waals surface area contributed by atoms with Crippen LogP contribution in [0.25, 0.3) is 0 Å². The first kappa shape index (κ1) is 18.2. The molecule has 1 aromatic heterocycles. The monoisotopic (exact) mass is 366 g/mol. The highest BCUT2D eigenvalue weighted by Crippen LogP contribution is 2.25. The van der Waals surface area contributed by atoms with Crippen LogP contribution >= 0.6 is 23.2 Å². The average molecular weight is 367 g/mol. The molecule has 1 unspecified atom stereocenters. The van der Waals surface area contributed by atoms with Gasteiger partial charge in [0, 0.05) is 16.9 Å². The summed E-state index contributed by atoms with van der Waals surface area (Å²) in [6.45, 7) is 3.35. The van der Waals surface area contributed by atoms with Crippen molar-refractivity contribution in [2.24, 2.45) is 0 Å². The number of esters is 1. The topological polar surface area (TPSA) is 68.3 Å². The van der Waals surface area contributed by atoms with Crippen LogP contribution in [0.1, 0.15) is 18.2 Å². The Morgan fingerprint density at radius 1 is 1.25 bits per heavy atom. The molecule has 1 heterocycles. The third-order valence-corrected chi connectivity index (χ3v) is 3.74. The Hall–Kier alpha value is -2.11. The molecule has 1 N–H and O–H groups in total. The lowest BCUT2D eigenvalue weighted by Crippen LogP contribution is -2.30. The summed E-state index contributed by atoms with van der Waals surface area (Å²) in [5.74, 6) is -0.986. The Morgan fingerprint density at radius 2 is 2.00 bits per heavy atom. The van der Waals surface area contributed by atoms with Crippen LogP contribution in [0.2, 0.25) is 10.0 Å². The third-order valence-electron chi connectivity index (χ3n) is 3.19. The van der Waals surface area contributed by atoms with E-state index in [1.807, 2.05) is 6.92 Å². The molecule has 0 aliphatic rings. The van der Waals surface area contributed by atoms with E-state index in [0.29, 0.717) is 15.7 Å². The molecule has 1 amide bonds. The van der Waals surface area contributed by atoms with E-state index >= 15 is 0 Å². The zero-order valence-electron chi connectivity index (χ0n) is 13.2. The van der Waals surface area contributed by atoms with Gasteiger partial charge < -0.3 is 10.1 Å². The summed E-state index contributed by atoms with van der Waals surface area (Å²) < 4.78 is 5.13. The van der Waals surface area contributed by atoms with Crippen LogP contribution in [-0.4, -0.2) is 23.0 Å². The van der Waals surface area contributed by atoms with Gasteiger partial charge in [0.1, 0.15) is 0 Å². The number of hydrogen-bond donors (Lipinski definition) is 1. The van der Waals surface area contributed by atoms with Gasteiger partial charge in [0.2, 0.25) is 0 Å². The Morgan fingerprint density at radius 3 is 2.62 bits per heavy atom. The van der Waals surface area contributed by atoms with Gasteiger partial charge in [0.15, 0.2) is 6.10 Å². The van der Waals surface area contributed by atoms with Crippen molar-refractivity contribution in [2.75, 3.05) is 5.32 Å². The smallest absolute Gasteiger partial charge is 0.311 e. The zero-order chi connectivity index (χ0) is 17.7. The Bertz CT molecular complexity index is 748. The number of nitrogens with one attached hydrogen (secondary N) is 1. The first-order valence-corrected chi connectivity index (χ1v) is 7.97. The lowest BCUT2D eigenvalue weighted by atomic mass is 10.2. The lowest BCUT2D eigenvalue weighted by Gasteiger charge is -2.14. The fourth-order valence-electron chi connectivity index (χ4n) is 1.89. The molecule has 2 aromatic rings. The maximum atomic E-state index is 12.1. The van der Waals surface area contributed by atoms with Gasteiger partial charge in [-0.25, -0.2) is 0 Å². The molecule has 0 saturated carbocycles. The van der Waals surface area contributed by atoms with Gasteiger partial charge in [0.05, 0.1) is 17.1 Å². The van der Waals surface area contributed by atoms with Gasteiger partial charge in [0.25, 0.3) is 5.91 Å². The van der Waals surface area contributed by atoms with Gasteiger partial charge >= 0.3 is 5.97 Å². The van der Waals surface area contributed by atoms with E-state index in [9.17, 15) is 9.59 Å². The first-order valence-electron chi connectivity index (χ1n) is 7.22. The minimum atomic E-state index is -0.956. The maximum absolute atomic E-state index is 12.1. The number of aryl methyl sites for hydroxylation is 1. The van der Waals surface area contributed by atoms with E-state index in [-0.39, 0.29) is 6.42 Å². The number of amides is 1. The number of pyridine rings is 1. The molecule has 0 spiro atoms. The summed E-state index contributed by atoms with van der Waals surface area (Å²) in [6.07, 6.45) is 0.698. The van der Waals surface area contributed by atoms with Crippen LogP contribution in [0.15, 0.2) is 36.5 Å². The molecule has 1 aromatic carbocycles. The number of rotatable bonds is 5. The summed E-state index contributed by atoms with van der Waals surface area (Å²) in [6, 6.07) is 8.29. The summed E-state index contributed by atoms with van der Waals surface area (Å²) in [5, 5.41) is 3.36. The van der Waals surface area contributed by atoms with E-state index in [1.165, 1.54) is 13.0 Å². The summed E-state index contributed by atoms with van der Waals surface area (Å²) in [7, 11) is 0. The highest BCUT2D eigenvalue weighted by Gasteiger charge is 2.19. The van der Waals surface area contributed by atoms with E-state index in [4.69, 9.17) is 27.9 Å². The van der Waals surface area contributed by atoms with Crippen LogP contribution in [0.5, 0.6) is 0 Å². The van der Waals surface area contributed by atoms with Gasteiger partial charge in [-0.2, -0.15) is 0 Å². The van der Waals surface area contributed by atoms with Crippen molar-refractivity contribution in [2.45, 2.75) is 26.4 Å². The molecule has 0 aliphatic carbocycles. The molecule has 5 nitrogen and oxygen atoms in total. The minimum Gasteiger partial charge on any atom is -0.452 e. The number of carbonyl (C=O) groups excluding carboxylic acids is 2. The van der Waals surface area contributed by atoms with E-state index in [0.717, 1.165) is 11.3 Å². The normalized spacial score (nSPS) is 11.7. The average Bonchev–Trinajstić information content (AvgIpc) is 2.52. The number of ether oxygens (including phenoxy) is 1. The Labute approximate surface area is 149 Å². The van der Waals surface area contributed by atoms with Crippen molar-refractivity contribution in [3.8, 4) is 0 Å². The molecule has 24 heavy (non-hydrogen) atoms. The number of anilines is 1. The number of hydrogen-bond acceptors (Lipinski definition) is 4. The number of halogens is 2. The highest BCUT2D eigenvalue weighted by atomic mass is 35.5. The van der Waals surface area contributed by atoms with Gasteiger partial charge in [-0.1, -0.05) is 29.3 Å². The summed E-state index contributed by atoms with van der Waals surface area (Å²) in [4.78, 5) is 28.1. The number of carbonyl (C=O) groups is 2. The fourth-order valence-corrected chi connectivity index (χ4v) is 2.34. The number of nitrogens with zero attached hydrogens (tertiary/aromatic N) is 1. The van der Waals surface area contributed by atoms with Crippen molar-refractivity contribution >= 4 is 40.8 Å². The SMILES string of the molecule is Cc1ccc(CC(=O)OC(C)C(=O)Nc2ccc(Cl)cc2Cl)cn1. The van der Waals surface area contributed by atoms with Crippen molar-refractivity contribution in [1.82, 2.24) is 4.98 Å². The van der Waals surface area contributed by atoms with Crippen molar-refractivity contribution in [1.29, 1.82) is 0 Å². The molecule has 0 radical (unpaired) electrons. The van der Waals surface area contributed by atoms with Gasteiger partial charge in [-0.15, -0.1) is 0 Å². The zero-order valence-corrected chi connectivity index (χ0v) is 14.7. The van der Waals surface area contributed by atoms with Gasteiger partial charge in [-0.05, 0) is 43.7 Å². The van der Waals surface area contributed by atoms with Gasteiger partial charge in [-0.3, -0.25) is 14.6 Å². The molecule has 0 saturated heterocycles. The standard InChI is InChI=1S/C17H16Cl2N2O3/c1-10-3-4-12(9-20-10)7-16(22)24-11(2)17(23)21-15-6-5-13(18)8-14(15)19/h3-6,8-9,11H,7H2,1-2H3,(H,21,23).